The smallest absolute Gasteiger partial charge is 0.156 e. The highest BCUT2D eigenvalue weighted by molar-refractivity contribution is 6.55. The first kappa shape index (κ1) is 23.0. The van der Waals surface area contributed by atoms with Crippen molar-refractivity contribution in [2.45, 2.75) is 6.42 Å². The van der Waals surface area contributed by atoms with Crippen LogP contribution in [0.5, 0.6) is 11.5 Å². The SMILES string of the molecule is ClC(Cl)=CCOc1cc(Cl)c(OCCCO/N=C/c2ccc(Cl)cc2)c(Cl)c1. The molecule has 0 spiro atoms. The molecule has 2 aromatic rings. The molecule has 0 N–H and O–H groups in total. The highest BCUT2D eigenvalue weighted by Crippen LogP contribution is 2.37. The summed E-state index contributed by atoms with van der Waals surface area (Å²) in [5.41, 5.74) is 0.894. The van der Waals surface area contributed by atoms with Gasteiger partial charge in [-0.15, -0.1) is 0 Å². The Balaban J connectivity index is 1.73. The molecule has 0 radical (unpaired) electrons. The number of benzene rings is 2. The van der Waals surface area contributed by atoms with Gasteiger partial charge in [0.05, 0.1) is 22.9 Å². The molecule has 28 heavy (non-hydrogen) atoms. The summed E-state index contributed by atoms with van der Waals surface area (Å²) < 4.78 is 11.2. The van der Waals surface area contributed by atoms with Gasteiger partial charge in [-0.25, -0.2) is 0 Å². The molecular formula is C19H16Cl5NO3. The minimum absolute atomic E-state index is 0.122. The van der Waals surface area contributed by atoms with Gasteiger partial charge in [0.15, 0.2) is 5.75 Å². The quantitative estimate of drug-likeness (QED) is 0.204. The molecule has 0 fully saturated rings. The molecule has 2 aromatic carbocycles. The molecule has 0 aliphatic carbocycles. The highest BCUT2D eigenvalue weighted by atomic mass is 35.5. The normalized spacial score (nSPS) is 10.8. The van der Waals surface area contributed by atoms with Crippen molar-refractivity contribution in [3.8, 4) is 11.5 Å². The molecule has 150 valence electrons. The number of oxime groups is 1. The average molecular weight is 484 g/mol. The predicted molar refractivity (Wildman–Crippen MR) is 117 cm³/mol. The molecule has 0 aromatic heterocycles. The molecule has 0 bridgehead atoms. The number of hydrogen-bond donors (Lipinski definition) is 0. The Morgan fingerprint density at radius 2 is 1.61 bits per heavy atom. The summed E-state index contributed by atoms with van der Waals surface area (Å²) in [6, 6.07) is 10.5. The third-order valence-corrected chi connectivity index (χ3v) is 4.35. The molecule has 0 aliphatic rings. The van der Waals surface area contributed by atoms with Crippen LogP contribution in [0.3, 0.4) is 0 Å². The van der Waals surface area contributed by atoms with Crippen LogP contribution in [0.15, 0.2) is 52.1 Å². The summed E-state index contributed by atoms with van der Waals surface area (Å²) in [5.74, 6) is 0.860. The lowest BCUT2D eigenvalue weighted by Crippen LogP contribution is -2.02. The van der Waals surface area contributed by atoms with Gasteiger partial charge in [0, 0.05) is 23.6 Å². The fourth-order valence-electron chi connectivity index (χ4n) is 1.96. The lowest BCUT2D eigenvalue weighted by Gasteiger charge is -2.12. The van der Waals surface area contributed by atoms with E-state index in [0.717, 1.165) is 5.56 Å². The van der Waals surface area contributed by atoms with Crippen LogP contribution in [-0.4, -0.2) is 26.0 Å². The van der Waals surface area contributed by atoms with Gasteiger partial charge in [0.2, 0.25) is 0 Å². The van der Waals surface area contributed by atoms with Crippen molar-refractivity contribution >= 4 is 64.2 Å². The number of hydrogen-bond acceptors (Lipinski definition) is 4. The van der Waals surface area contributed by atoms with Crippen LogP contribution in [0.1, 0.15) is 12.0 Å². The Kier molecular flexibility index (Phi) is 10.1. The Morgan fingerprint density at radius 1 is 0.929 bits per heavy atom. The second kappa shape index (κ2) is 12.3. The summed E-state index contributed by atoms with van der Waals surface area (Å²) >= 11 is 29.3. The first-order valence-electron chi connectivity index (χ1n) is 8.12. The first-order valence-corrected chi connectivity index (χ1v) is 10.0. The van der Waals surface area contributed by atoms with Gasteiger partial charge >= 0.3 is 0 Å². The van der Waals surface area contributed by atoms with E-state index in [4.69, 9.17) is 72.3 Å². The van der Waals surface area contributed by atoms with Gasteiger partial charge in [-0.1, -0.05) is 75.3 Å². The Hall–Kier alpha value is -1.30. The van der Waals surface area contributed by atoms with Crippen molar-refractivity contribution in [1.82, 2.24) is 0 Å². The highest BCUT2D eigenvalue weighted by Gasteiger charge is 2.10. The number of halogens is 5. The fourth-order valence-corrected chi connectivity index (χ4v) is 2.78. The molecule has 2 rings (SSSR count). The van der Waals surface area contributed by atoms with Gasteiger partial charge in [-0.3, -0.25) is 0 Å². The second-order valence-corrected chi connectivity index (χ2v) is 7.60. The van der Waals surface area contributed by atoms with Crippen molar-refractivity contribution in [2.24, 2.45) is 5.16 Å². The van der Waals surface area contributed by atoms with Gasteiger partial charge in [0.1, 0.15) is 23.5 Å². The van der Waals surface area contributed by atoms with E-state index in [1.165, 1.54) is 6.08 Å². The summed E-state index contributed by atoms with van der Waals surface area (Å²) in [6.45, 7) is 0.940. The van der Waals surface area contributed by atoms with E-state index in [1.807, 2.05) is 12.1 Å². The van der Waals surface area contributed by atoms with Gasteiger partial charge in [0.25, 0.3) is 0 Å². The maximum atomic E-state index is 6.20. The monoisotopic (exact) mass is 481 g/mol. The lowest BCUT2D eigenvalue weighted by atomic mass is 10.2. The van der Waals surface area contributed by atoms with E-state index in [9.17, 15) is 0 Å². The summed E-state index contributed by atoms with van der Waals surface area (Å²) in [5, 5.41) is 5.23. The zero-order valence-electron chi connectivity index (χ0n) is 14.5. The van der Waals surface area contributed by atoms with E-state index < -0.39 is 0 Å². The molecule has 0 saturated heterocycles. The van der Waals surface area contributed by atoms with Crippen LogP contribution >= 0.6 is 58.0 Å². The maximum absolute atomic E-state index is 6.20. The van der Waals surface area contributed by atoms with Crippen LogP contribution in [0, 0.1) is 0 Å². The first-order chi connectivity index (χ1) is 13.5. The van der Waals surface area contributed by atoms with Crippen LogP contribution in [-0.2, 0) is 4.84 Å². The second-order valence-electron chi connectivity index (χ2n) is 5.34. The van der Waals surface area contributed by atoms with Crippen LogP contribution < -0.4 is 9.47 Å². The maximum Gasteiger partial charge on any atom is 0.156 e. The number of nitrogens with zero attached hydrogens (tertiary/aromatic N) is 1. The summed E-state index contributed by atoms with van der Waals surface area (Å²) in [6.07, 6.45) is 3.71. The van der Waals surface area contributed by atoms with E-state index in [-0.39, 0.29) is 11.1 Å². The number of rotatable bonds is 10. The molecule has 0 atom stereocenters. The molecule has 0 amide bonds. The number of ether oxygens (including phenoxy) is 2. The molecule has 0 heterocycles. The fraction of sp³-hybridized carbons (Fsp3) is 0.211. The minimum Gasteiger partial charge on any atom is -0.490 e. The van der Waals surface area contributed by atoms with E-state index in [0.29, 0.717) is 46.2 Å². The molecule has 4 nitrogen and oxygen atoms in total. The van der Waals surface area contributed by atoms with Crippen molar-refractivity contribution in [1.29, 1.82) is 0 Å². The van der Waals surface area contributed by atoms with Crippen LogP contribution in [0.2, 0.25) is 15.1 Å². The predicted octanol–water partition coefficient (Wildman–Crippen LogP) is 7.16. The van der Waals surface area contributed by atoms with Crippen molar-refractivity contribution < 1.29 is 14.3 Å². The lowest BCUT2D eigenvalue weighted by molar-refractivity contribution is 0.129. The average Bonchev–Trinajstić information content (AvgIpc) is 2.64. The summed E-state index contributed by atoms with van der Waals surface area (Å²) in [4.78, 5) is 5.19. The topological polar surface area (TPSA) is 40.0 Å². The zero-order chi connectivity index (χ0) is 20.4. The van der Waals surface area contributed by atoms with Gasteiger partial charge in [-0.2, -0.15) is 0 Å². The Labute approximate surface area is 188 Å². The molecular weight excluding hydrogens is 467 g/mol. The van der Waals surface area contributed by atoms with E-state index in [1.54, 1.807) is 30.5 Å². The van der Waals surface area contributed by atoms with Gasteiger partial charge in [-0.05, 0) is 23.8 Å². The van der Waals surface area contributed by atoms with E-state index in [2.05, 4.69) is 5.16 Å². The third-order valence-electron chi connectivity index (χ3n) is 3.23. The van der Waals surface area contributed by atoms with Crippen LogP contribution in [0.4, 0.5) is 0 Å². The van der Waals surface area contributed by atoms with Gasteiger partial charge < -0.3 is 14.3 Å². The standard InChI is InChI=1S/C19H16Cl5NO3/c20-14-4-2-13(3-5-14)12-25-28-8-1-7-27-19-16(21)10-15(11-17(19)22)26-9-6-18(23)24/h2-6,10-12H,1,7-9H2/b25-12+. The Bertz CT molecular complexity index is 798. The van der Waals surface area contributed by atoms with Crippen molar-refractivity contribution in [3.63, 3.8) is 0 Å². The van der Waals surface area contributed by atoms with Crippen LogP contribution in [0.25, 0.3) is 0 Å². The third kappa shape index (κ3) is 8.38. The minimum atomic E-state index is 0.122. The molecule has 0 saturated carbocycles. The largest absolute Gasteiger partial charge is 0.490 e. The molecule has 0 aliphatic heterocycles. The summed E-state index contributed by atoms with van der Waals surface area (Å²) in [7, 11) is 0. The zero-order valence-corrected chi connectivity index (χ0v) is 18.3. The molecule has 0 unspecified atom stereocenters. The van der Waals surface area contributed by atoms with E-state index >= 15 is 0 Å². The Morgan fingerprint density at radius 3 is 2.25 bits per heavy atom. The van der Waals surface area contributed by atoms with Crippen molar-refractivity contribution in [2.75, 3.05) is 19.8 Å². The van der Waals surface area contributed by atoms with Crippen molar-refractivity contribution in [3.05, 3.63) is 67.6 Å². The molecule has 9 heteroatoms.